The molecule has 9 nitrogen and oxygen atoms in total. The predicted octanol–water partition coefficient (Wildman–Crippen LogP) is 2.09. The minimum Gasteiger partial charge on any atom is -0.504 e. The van der Waals surface area contributed by atoms with Crippen molar-refractivity contribution in [1.82, 2.24) is 5.32 Å². The Morgan fingerprint density at radius 1 is 1.12 bits per heavy atom. The number of rotatable bonds is 6. The fourth-order valence-corrected chi connectivity index (χ4v) is 4.72. The number of carbonyl (C=O) groups is 3. The van der Waals surface area contributed by atoms with E-state index in [1.165, 1.54) is 14.0 Å². The van der Waals surface area contributed by atoms with Crippen LogP contribution >= 0.6 is 0 Å². The SMILES string of the molecule is CCOc1cccc([C@@H]2N[C@](C)(C(=O)O)[C@H]3C(=O)N(c4ccccc4OC)C(=O)[C@@H]23)c1O. The van der Waals surface area contributed by atoms with Gasteiger partial charge in [-0.1, -0.05) is 24.3 Å². The van der Waals surface area contributed by atoms with Crippen molar-refractivity contribution in [2.75, 3.05) is 18.6 Å². The van der Waals surface area contributed by atoms with E-state index in [-0.39, 0.29) is 17.2 Å². The van der Waals surface area contributed by atoms with Crippen LogP contribution in [0.3, 0.4) is 0 Å². The molecule has 2 aromatic rings. The van der Waals surface area contributed by atoms with Crippen LogP contribution in [-0.4, -0.2) is 47.3 Å². The van der Waals surface area contributed by atoms with Crippen LogP contribution in [0.5, 0.6) is 17.2 Å². The van der Waals surface area contributed by atoms with Crippen LogP contribution in [0.2, 0.25) is 0 Å². The summed E-state index contributed by atoms with van der Waals surface area (Å²) in [4.78, 5) is 40.3. The molecule has 2 aliphatic heterocycles. The number of fused-ring (bicyclic) bond motifs is 1. The van der Waals surface area contributed by atoms with Crippen LogP contribution in [0.15, 0.2) is 42.5 Å². The standard InChI is InChI=1S/C23H24N2O7/c1-4-32-15-11-7-8-12(19(15)26)18-16-17(23(2,24-18)22(29)30)21(28)25(20(16)27)13-9-5-6-10-14(13)31-3/h5-11,16-18,24,26H,4H2,1-3H3,(H,29,30)/t16-,17-,18+,23+/m1/s1. The molecule has 168 valence electrons. The third-order valence-electron chi connectivity index (χ3n) is 6.22. The van der Waals surface area contributed by atoms with E-state index in [4.69, 9.17) is 9.47 Å². The van der Waals surface area contributed by atoms with Crippen molar-refractivity contribution >= 4 is 23.5 Å². The Morgan fingerprint density at radius 3 is 2.47 bits per heavy atom. The van der Waals surface area contributed by atoms with Gasteiger partial charge in [0.1, 0.15) is 11.3 Å². The minimum absolute atomic E-state index is 0.198. The number of carboxylic acids is 1. The highest BCUT2D eigenvalue weighted by molar-refractivity contribution is 6.24. The van der Waals surface area contributed by atoms with Gasteiger partial charge < -0.3 is 19.7 Å². The predicted molar refractivity (Wildman–Crippen MR) is 114 cm³/mol. The van der Waals surface area contributed by atoms with Crippen LogP contribution in [0, 0.1) is 11.8 Å². The number of aromatic hydroxyl groups is 1. The van der Waals surface area contributed by atoms with Crippen molar-refractivity contribution < 1.29 is 34.1 Å². The molecule has 9 heteroatoms. The number of phenols is 1. The average molecular weight is 440 g/mol. The number of hydrogen-bond donors (Lipinski definition) is 3. The molecule has 32 heavy (non-hydrogen) atoms. The summed E-state index contributed by atoms with van der Waals surface area (Å²) in [7, 11) is 1.42. The van der Waals surface area contributed by atoms with Gasteiger partial charge in [0.25, 0.3) is 0 Å². The molecule has 0 radical (unpaired) electrons. The topological polar surface area (TPSA) is 125 Å². The molecule has 0 aliphatic carbocycles. The Balaban J connectivity index is 1.85. The summed E-state index contributed by atoms with van der Waals surface area (Å²) in [5.41, 5.74) is -1.19. The molecule has 2 fully saturated rings. The van der Waals surface area contributed by atoms with E-state index in [2.05, 4.69) is 5.32 Å². The van der Waals surface area contributed by atoms with Crippen LogP contribution < -0.4 is 19.7 Å². The third kappa shape index (κ3) is 3.00. The van der Waals surface area contributed by atoms with E-state index in [0.29, 0.717) is 17.9 Å². The van der Waals surface area contributed by atoms with Crippen molar-refractivity contribution in [2.24, 2.45) is 11.8 Å². The molecule has 4 atom stereocenters. The number of methoxy groups -OCH3 is 1. The number of amides is 2. The van der Waals surface area contributed by atoms with Crippen molar-refractivity contribution in [3.63, 3.8) is 0 Å². The van der Waals surface area contributed by atoms with Gasteiger partial charge in [0.2, 0.25) is 11.8 Å². The number of hydrogen-bond acceptors (Lipinski definition) is 7. The molecular formula is C23H24N2O7. The lowest BCUT2D eigenvalue weighted by Gasteiger charge is -2.28. The molecule has 2 aromatic carbocycles. The molecule has 2 amide bonds. The summed E-state index contributed by atoms with van der Waals surface area (Å²) in [6, 6.07) is 10.5. The second kappa shape index (κ2) is 7.83. The zero-order valence-electron chi connectivity index (χ0n) is 17.9. The first-order valence-corrected chi connectivity index (χ1v) is 10.2. The third-order valence-corrected chi connectivity index (χ3v) is 6.22. The first kappa shape index (κ1) is 21.6. The zero-order valence-corrected chi connectivity index (χ0v) is 17.9. The zero-order chi connectivity index (χ0) is 23.2. The number of ether oxygens (including phenoxy) is 2. The van der Waals surface area contributed by atoms with Crippen molar-refractivity contribution in [3.05, 3.63) is 48.0 Å². The Labute approximate surface area is 184 Å². The Kier molecular flexibility index (Phi) is 5.29. The van der Waals surface area contributed by atoms with Gasteiger partial charge in [-0.3, -0.25) is 19.7 Å². The van der Waals surface area contributed by atoms with E-state index < -0.39 is 41.2 Å². The van der Waals surface area contributed by atoms with Crippen molar-refractivity contribution in [3.8, 4) is 17.2 Å². The van der Waals surface area contributed by atoms with Crippen LogP contribution in [0.4, 0.5) is 5.69 Å². The maximum Gasteiger partial charge on any atom is 0.324 e. The van der Waals surface area contributed by atoms with E-state index in [1.54, 1.807) is 49.4 Å². The number of para-hydroxylation sites is 3. The Bertz CT molecular complexity index is 1100. The number of carboxylic acid groups (broad SMARTS) is 1. The molecule has 4 rings (SSSR count). The smallest absolute Gasteiger partial charge is 0.324 e. The number of carbonyl (C=O) groups excluding carboxylic acids is 2. The number of anilines is 1. The number of nitrogens with one attached hydrogen (secondary N) is 1. The molecule has 2 heterocycles. The van der Waals surface area contributed by atoms with Gasteiger partial charge in [-0.05, 0) is 32.0 Å². The van der Waals surface area contributed by atoms with Gasteiger partial charge in [0.05, 0.1) is 31.2 Å². The van der Waals surface area contributed by atoms with Gasteiger partial charge in [-0.2, -0.15) is 0 Å². The molecule has 3 N–H and O–H groups in total. The van der Waals surface area contributed by atoms with Crippen molar-refractivity contribution in [2.45, 2.75) is 25.4 Å². The highest BCUT2D eigenvalue weighted by Gasteiger charge is 2.67. The molecule has 0 bridgehead atoms. The summed E-state index contributed by atoms with van der Waals surface area (Å²) in [6.07, 6.45) is 0. The fourth-order valence-electron chi connectivity index (χ4n) is 4.72. The average Bonchev–Trinajstić information content (AvgIpc) is 3.23. The summed E-state index contributed by atoms with van der Waals surface area (Å²) < 4.78 is 10.8. The van der Waals surface area contributed by atoms with Gasteiger partial charge in [0.15, 0.2) is 11.5 Å². The monoisotopic (exact) mass is 440 g/mol. The number of nitrogens with zero attached hydrogens (tertiary/aromatic N) is 1. The Morgan fingerprint density at radius 2 is 1.81 bits per heavy atom. The summed E-state index contributed by atoms with van der Waals surface area (Å²) >= 11 is 0. The molecule has 2 saturated heterocycles. The highest BCUT2D eigenvalue weighted by atomic mass is 16.5. The minimum atomic E-state index is -1.73. The molecule has 0 saturated carbocycles. The molecular weight excluding hydrogens is 416 g/mol. The summed E-state index contributed by atoms with van der Waals surface area (Å²) in [6.45, 7) is 3.46. The lowest BCUT2D eigenvalue weighted by atomic mass is 9.80. The summed E-state index contributed by atoms with van der Waals surface area (Å²) in [5, 5.41) is 23.7. The molecule has 0 aromatic heterocycles. The second-order valence-electron chi connectivity index (χ2n) is 7.94. The largest absolute Gasteiger partial charge is 0.504 e. The van der Waals surface area contributed by atoms with E-state index in [1.807, 2.05) is 0 Å². The molecule has 0 spiro atoms. The van der Waals surface area contributed by atoms with Crippen LogP contribution in [0.1, 0.15) is 25.5 Å². The first-order valence-electron chi connectivity index (χ1n) is 10.2. The van der Waals surface area contributed by atoms with E-state index in [9.17, 15) is 24.6 Å². The fraction of sp³-hybridized carbons (Fsp3) is 0.348. The Hall–Kier alpha value is -3.59. The number of benzene rings is 2. The number of phenolic OH excluding ortho intramolecular Hbond substituents is 1. The lowest BCUT2D eigenvalue weighted by Crippen LogP contribution is -2.53. The van der Waals surface area contributed by atoms with Crippen LogP contribution in [0.25, 0.3) is 0 Å². The van der Waals surface area contributed by atoms with Gasteiger partial charge >= 0.3 is 5.97 Å². The summed E-state index contributed by atoms with van der Waals surface area (Å²) in [5.74, 6) is -4.36. The van der Waals surface area contributed by atoms with Gasteiger partial charge in [0, 0.05) is 11.6 Å². The molecule has 0 unspecified atom stereocenters. The van der Waals surface area contributed by atoms with Gasteiger partial charge in [-0.25, -0.2) is 4.90 Å². The normalized spacial score (nSPS) is 26.8. The van der Waals surface area contributed by atoms with Crippen molar-refractivity contribution in [1.29, 1.82) is 0 Å². The molecule has 2 aliphatic rings. The van der Waals surface area contributed by atoms with Crippen LogP contribution in [-0.2, 0) is 14.4 Å². The maximum absolute atomic E-state index is 13.6. The lowest BCUT2D eigenvalue weighted by molar-refractivity contribution is -0.147. The van der Waals surface area contributed by atoms with E-state index in [0.717, 1.165) is 4.90 Å². The quantitative estimate of drug-likeness (QED) is 0.583. The van der Waals surface area contributed by atoms with E-state index >= 15 is 0 Å². The van der Waals surface area contributed by atoms with Gasteiger partial charge in [-0.15, -0.1) is 0 Å². The maximum atomic E-state index is 13.6. The second-order valence-corrected chi connectivity index (χ2v) is 7.94. The number of imide groups is 1. The first-order chi connectivity index (χ1) is 15.3. The number of aliphatic carboxylic acids is 1. The highest BCUT2D eigenvalue weighted by Crippen LogP contribution is 2.52.